The summed E-state index contributed by atoms with van der Waals surface area (Å²) in [5.41, 5.74) is 4.24. The van der Waals surface area contributed by atoms with Gasteiger partial charge in [0.15, 0.2) is 0 Å². The van der Waals surface area contributed by atoms with Crippen molar-refractivity contribution in [1.82, 2.24) is 0 Å². The molecule has 0 fully saturated rings. The van der Waals surface area contributed by atoms with E-state index in [2.05, 4.69) is 39.0 Å². The van der Waals surface area contributed by atoms with Gasteiger partial charge < -0.3 is 0 Å². The minimum Gasteiger partial charge on any atom is -0.0776 e. The Labute approximate surface area is 111 Å². The molecule has 0 aliphatic rings. The third-order valence-corrected chi connectivity index (χ3v) is 1.82. The van der Waals surface area contributed by atoms with Crippen molar-refractivity contribution in [1.29, 1.82) is 0 Å². The molecule has 0 aromatic heterocycles. The second kappa shape index (κ2) is 17.6. The number of hydrogen-bond donors (Lipinski definition) is 0. The quantitative estimate of drug-likeness (QED) is 0.547. The Morgan fingerprint density at radius 3 is 1.41 bits per heavy atom. The molecule has 1 aromatic carbocycles. The van der Waals surface area contributed by atoms with Crippen LogP contribution in [0.2, 0.25) is 0 Å². The Kier molecular flexibility index (Phi) is 26.1. The Balaban J connectivity index is -0.000000128. The van der Waals surface area contributed by atoms with Gasteiger partial charge >= 0.3 is 0 Å². The van der Waals surface area contributed by atoms with Crippen LogP contribution in [0.25, 0.3) is 0 Å². The molecule has 0 saturated heterocycles. The van der Waals surface area contributed by atoms with Gasteiger partial charge in [0.1, 0.15) is 0 Å². The van der Waals surface area contributed by atoms with E-state index in [-0.39, 0.29) is 14.9 Å². The molecule has 0 saturated carbocycles. The van der Waals surface area contributed by atoms with Gasteiger partial charge in [-0.05, 0) is 25.8 Å². The fraction of sp³-hybridized carbons (Fsp3) is 0.647. The molecular weight excluding hydrogens is 204 g/mol. The molecular formula is C17H36. The van der Waals surface area contributed by atoms with Gasteiger partial charge in [0.05, 0.1) is 0 Å². The Hall–Kier alpha value is -0.780. The first-order valence-electron chi connectivity index (χ1n) is 6.29. The number of rotatable bonds is 2. The number of benzene rings is 1. The average molecular weight is 240 g/mol. The molecule has 0 bridgehead atoms. The molecule has 0 unspecified atom stereocenters. The first-order chi connectivity index (χ1) is 7.22. The highest BCUT2D eigenvalue weighted by atomic mass is 14.0. The Bertz CT molecular complexity index is 216. The van der Waals surface area contributed by atoms with Gasteiger partial charge in [0.25, 0.3) is 0 Å². The predicted octanol–water partition coefficient (Wildman–Crippen LogP) is 6.58. The van der Waals surface area contributed by atoms with E-state index in [4.69, 9.17) is 0 Å². The summed E-state index contributed by atoms with van der Waals surface area (Å²) in [6.45, 7) is 14.5. The molecule has 0 radical (unpaired) electrons. The predicted molar refractivity (Wildman–Crippen MR) is 86.1 cm³/mol. The van der Waals surface area contributed by atoms with Crippen molar-refractivity contribution < 1.29 is 0 Å². The lowest BCUT2D eigenvalue weighted by atomic mass is 10.0. The van der Waals surface area contributed by atoms with Crippen molar-refractivity contribution in [2.24, 2.45) is 0 Å². The smallest absolute Gasteiger partial charge is 0.0281 e. The maximum atomic E-state index is 2.27. The molecule has 0 atom stereocenters. The van der Waals surface area contributed by atoms with E-state index in [1.807, 2.05) is 27.7 Å². The van der Waals surface area contributed by atoms with E-state index >= 15 is 0 Å². The molecule has 0 amide bonds. The van der Waals surface area contributed by atoms with Crippen LogP contribution in [-0.4, -0.2) is 0 Å². The molecule has 0 heteroatoms. The Morgan fingerprint density at radius 1 is 0.765 bits per heavy atom. The molecule has 1 aromatic rings. The third kappa shape index (κ3) is 13.2. The van der Waals surface area contributed by atoms with Crippen LogP contribution >= 0.6 is 0 Å². The van der Waals surface area contributed by atoms with Crippen LogP contribution in [0.3, 0.4) is 0 Å². The van der Waals surface area contributed by atoms with Crippen LogP contribution in [-0.2, 0) is 6.42 Å². The summed E-state index contributed by atoms with van der Waals surface area (Å²) in [6, 6.07) is 6.77. The van der Waals surface area contributed by atoms with E-state index in [9.17, 15) is 0 Å². The normalized spacial score (nSPS) is 7.24. The maximum absolute atomic E-state index is 2.27. The highest BCUT2D eigenvalue weighted by molar-refractivity contribution is 5.28. The van der Waals surface area contributed by atoms with Crippen molar-refractivity contribution >= 4 is 0 Å². The first-order valence-corrected chi connectivity index (χ1v) is 6.29. The van der Waals surface area contributed by atoms with Gasteiger partial charge in [-0.3, -0.25) is 0 Å². The van der Waals surface area contributed by atoms with Gasteiger partial charge in [-0.1, -0.05) is 85.2 Å². The number of hydrogen-bond acceptors (Lipinski definition) is 0. The summed E-state index contributed by atoms with van der Waals surface area (Å²) in [7, 11) is 0. The summed E-state index contributed by atoms with van der Waals surface area (Å²) < 4.78 is 0. The van der Waals surface area contributed by atoms with Crippen LogP contribution in [0, 0.1) is 13.8 Å². The van der Waals surface area contributed by atoms with Crippen molar-refractivity contribution in [2.45, 2.75) is 76.2 Å². The molecule has 0 nitrogen and oxygen atoms in total. The summed E-state index contributed by atoms with van der Waals surface area (Å²) in [4.78, 5) is 0. The largest absolute Gasteiger partial charge is 0.0776 e. The van der Waals surface area contributed by atoms with Gasteiger partial charge in [-0.2, -0.15) is 0 Å². The second-order valence-electron chi connectivity index (χ2n) is 3.25. The SMILES string of the molecule is C.C.CC.CC.CCCc1cc(C)cc(C)c1. The minimum absolute atomic E-state index is 0. The fourth-order valence-corrected chi connectivity index (χ4v) is 1.50. The van der Waals surface area contributed by atoms with Crippen molar-refractivity contribution in [3.8, 4) is 0 Å². The minimum atomic E-state index is 0. The Morgan fingerprint density at radius 2 is 1.12 bits per heavy atom. The number of aryl methyl sites for hydroxylation is 3. The van der Waals surface area contributed by atoms with Crippen LogP contribution in [0.15, 0.2) is 18.2 Å². The van der Waals surface area contributed by atoms with Crippen molar-refractivity contribution in [3.05, 3.63) is 34.9 Å². The average Bonchev–Trinajstić information content (AvgIpc) is 2.23. The van der Waals surface area contributed by atoms with Crippen LogP contribution < -0.4 is 0 Å². The fourth-order valence-electron chi connectivity index (χ4n) is 1.50. The van der Waals surface area contributed by atoms with Gasteiger partial charge in [-0.25, -0.2) is 0 Å². The third-order valence-electron chi connectivity index (χ3n) is 1.82. The van der Waals surface area contributed by atoms with E-state index < -0.39 is 0 Å². The summed E-state index contributed by atoms with van der Waals surface area (Å²) >= 11 is 0. The molecule has 0 aliphatic heterocycles. The lowest BCUT2D eigenvalue weighted by molar-refractivity contribution is 0.918. The molecule has 17 heavy (non-hydrogen) atoms. The highest BCUT2D eigenvalue weighted by Gasteiger charge is 1.93. The molecule has 0 N–H and O–H groups in total. The second-order valence-corrected chi connectivity index (χ2v) is 3.25. The summed E-state index contributed by atoms with van der Waals surface area (Å²) in [5.74, 6) is 0. The lowest BCUT2D eigenvalue weighted by Crippen LogP contribution is -1.86. The topological polar surface area (TPSA) is 0 Å². The van der Waals surface area contributed by atoms with Crippen LogP contribution in [0.5, 0.6) is 0 Å². The van der Waals surface area contributed by atoms with E-state index in [0.717, 1.165) is 0 Å². The summed E-state index contributed by atoms with van der Waals surface area (Å²) in [5, 5.41) is 0. The van der Waals surface area contributed by atoms with Crippen LogP contribution in [0.1, 0.15) is 72.6 Å². The van der Waals surface area contributed by atoms with Crippen LogP contribution in [0.4, 0.5) is 0 Å². The van der Waals surface area contributed by atoms with Crippen molar-refractivity contribution in [2.75, 3.05) is 0 Å². The lowest BCUT2D eigenvalue weighted by Gasteiger charge is -2.02. The van der Waals surface area contributed by atoms with Crippen molar-refractivity contribution in [3.63, 3.8) is 0 Å². The van der Waals surface area contributed by atoms with Gasteiger partial charge in [0, 0.05) is 0 Å². The molecule has 0 aliphatic carbocycles. The zero-order valence-electron chi connectivity index (χ0n) is 11.6. The zero-order valence-corrected chi connectivity index (χ0v) is 11.6. The molecule has 0 heterocycles. The van der Waals surface area contributed by atoms with E-state index in [1.54, 1.807) is 0 Å². The van der Waals surface area contributed by atoms with Gasteiger partial charge in [-0.15, -0.1) is 0 Å². The van der Waals surface area contributed by atoms with E-state index in [0.29, 0.717) is 0 Å². The van der Waals surface area contributed by atoms with Gasteiger partial charge in [0.2, 0.25) is 0 Å². The monoisotopic (exact) mass is 240 g/mol. The summed E-state index contributed by atoms with van der Waals surface area (Å²) in [6.07, 6.45) is 2.45. The van der Waals surface area contributed by atoms with E-state index in [1.165, 1.54) is 29.5 Å². The maximum Gasteiger partial charge on any atom is -0.0281 e. The highest BCUT2D eigenvalue weighted by Crippen LogP contribution is 2.10. The standard InChI is InChI=1S/C11H16.2C2H6.2CH4/c1-4-5-11-7-9(2)6-10(3)8-11;2*1-2;;/h6-8H,4-5H2,1-3H3;2*1-2H3;2*1H4. The first kappa shape index (κ1) is 25.2. The molecule has 1 rings (SSSR count). The zero-order chi connectivity index (χ0) is 12.3. The molecule has 104 valence electrons. The molecule has 0 spiro atoms.